The zero-order valence-corrected chi connectivity index (χ0v) is 18.3. The summed E-state index contributed by atoms with van der Waals surface area (Å²) in [5.74, 6) is 0.389. The summed E-state index contributed by atoms with van der Waals surface area (Å²) in [4.78, 5) is 16.5. The van der Waals surface area contributed by atoms with Gasteiger partial charge in [-0.15, -0.1) is 11.3 Å². The topological polar surface area (TPSA) is 63.2 Å². The minimum absolute atomic E-state index is 0.150. The zero-order valence-electron chi connectivity index (χ0n) is 15.1. The molecule has 0 unspecified atom stereocenters. The summed E-state index contributed by atoms with van der Waals surface area (Å²) in [6, 6.07) is 12.6. The molecule has 3 rings (SSSR count). The monoisotopic (exact) mass is 463 g/mol. The van der Waals surface area contributed by atoms with Gasteiger partial charge in [-0.25, -0.2) is 4.98 Å². The Morgan fingerprint density at radius 1 is 1.21 bits per heavy atom. The molecule has 0 fully saturated rings. The average molecular weight is 464 g/mol. The largest absolute Gasteiger partial charge is 0.497 e. The van der Waals surface area contributed by atoms with Crippen molar-refractivity contribution in [3.05, 3.63) is 69.5 Å². The van der Waals surface area contributed by atoms with E-state index in [0.29, 0.717) is 20.7 Å². The molecule has 0 atom stereocenters. The standard InChI is InChI=1S/C20H15Cl2N3O2S2/c1-27-15-7-3-13(4-8-15)17-11-29-20(23-17)25-19(28)24-18(26)9-5-12-2-6-14(21)10-16(12)22/h2-11H,1H3,(H2,23,24,25,26,28)/b9-5+. The molecule has 2 aromatic carbocycles. The van der Waals surface area contributed by atoms with Crippen LogP contribution in [0.4, 0.5) is 5.13 Å². The number of hydrogen-bond donors (Lipinski definition) is 2. The first-order valence-corrected chi connectivity index (χ1v) is 10.3. The van der Waals surface area contributed by atoms with Crippen LogP contribution in [0.5, 0.6) is 5.75 Å². The Hall–Kier alpha value is -2.45. The molecule has 0 spiro atoms. The molecule has 0 aliphatic rings. The van der Waals surface area contributed by atoms with Crippen LogP contribution in [-0.2, 0) is 4.79 Å². The molecule has 3 aromatic rings. The number of nitrogens with zero attached hydrogens (tertiary/aromatic N) is 1. The van der Waals surface area contributed by atoms with Crippen LogP contribution in [0.2, 0.25) is 10.0 Å². The van der Waals surface area contributed by atoms with Crippen LogP contribution >= 0.6 is 46.8 Å². The molecular weight excluding hydrogens is 449 g/mol. The number of ether oxygens (including phenoxy) is 1. The van der Waals surface area contributed by atoms with Gasteiger partial charge in [-0.2, -0.15) is 0 Å². The van der Waals surface area contributed by atoms with Crippen molar-refractivity contribution in [1.82, 2.24) is 10.3 Å². The molecule has 0 saturated carbocycles. The Morgan fingerprint density at radius 2 is 1.97 bits per heavy atom. The minimum Gasteiger partial charge on any atom is -0.497 e. The summed E-state index contributed by atoms with van der Waals surface area (Å²) < 4.78 is 5.15. The van der Waals surface area contributed by atoms with E-state index in [0.717, 1.165) is 17.0 Å². The van der Waals surface area contributed by atoms with Gasteiger partial charge in [-0.1, -0.05) is 29.3 Å². The van der Waals surface area contributed by atoms with Crippen molar-refractivity contribution in [2.45, 2.75) is 0 Å². The quantitative estimate of drug-likeness (QED) is 0.377. The van der Waals surface area contributed by atoms with Crippen molar-refractivity contribution >= 4 is 69.0 Å². The van der Waals surface area contributed by atoms with Gasteiger partial charge in [0.25, 0.3) is 0 Å². The number of benzene rings is 2. The lowest BCUT2D eigenvalue weighted by Gasteiger charge is -2.05. The Labute approximate surface area is 187 Å². The highest BCUT2D eigenvalue weighted by Gasteiger charge is 2.08. The maximum absolute atomic E-state index is 12.1. The minimum atomic E-state index is -0.388. The summed E-state index contributed by atoms with van der Waals surface area (Å²) in [7, 11) is 1.62. The number of nitrogens with one attached hydrogen (secondary N) is 2. The number of methoxy groups -OCH3 is 1. The van der Waals surface area contributed by atoms with Crippen LogP contribution < -0.4 is 15.4 Å². The third kappa shape index (κ3) is 6.01. The Balaban J connectivity index is 1.57. The van der Waals surface area contributed by atoms with Gasteiger partial charge < -0.3 is 10.1 Å². The van der Waals surface area contributed by atoms with Crippen LogP contribution in [0, 0.1) is 0 Å². The van der Waals surface area contributed by atoms with Crippen LogP contribution in [0.1, 0.15) is 5.56 Å². The van der Waals surface area contributed by atoms with Crippen LogP contribution in [0.3, 0.4) is 0 Å². The van der Waals surface area contributed by atoms with Gasteiger partial charge in [0.05, 0.1) is 12.8 Å². The number of thiocarbonyl (C=S) groups is 1. The van der Waals surface area contributed by atoms with Gasteiger partial charge >= 0.3 is 0 Å². The number of carbonyl (C=O) groups excluding carboxylic acids is 1. The summed E-state index contributed by atoms with van der Waals surface area (Å²) in [6.45, 7) is 0. The molecule has 148 valence electrons. The van der Waals surface area contributed by atoms with Crippen LogP contribution in [0.25, 0.3) is 17.3 Å². The highest BCUT2D eigenvalue weighted by molar-refractivity contribution is 7.80. The summed E-state index contributed by atoms with van der Waals surface area (Å²) in [5, 5.41) is 9.08. The highest BCUT2D eigenvalue weighted by atomic mass is 35.5. The number of carbonyl (C=O) groups is 1. The molecule has 0 radical (unpaired) electrons. The van der Waals surface area contributed by atoms with E-state index in [1.54, 1.807) is 31.4 Å². The highest BCUT2D eigenvalue weighted by Crippen LogP contribution is 2.26. The lowest BCUT2D eigenvalue weighted by atomic mass is 10.2. The number of aromatic nitrogens is 1. The zero-order chi connectivity index (χ0) is 20.8. The molecule has 29 heavy (non-hydrogen) atoms. The molecule has 5 nitrogen and oxygen atoms in total. The number of anilines is 1. The molecule has 0 aliphatic carbocycles. The molecule has 0 aliphatic heterocycles. The predicted molar refractivity (Wildman–Crippen MR) is 124 cm³/mol. The molecule has 1 heterocycles. The SMILES string of the molecule is COc1ccc(-c2csc(NC(=S)NC(=O)/C=C/c3ccc(Cl)cc3Cl)n2)cc1. The van der Waals surface area contributed by atoms with Crippen molar-refractivity contribution in [2.24, 2.45) is 0 Å². The lowest BCUT2D eigenvalue weighted by molar-refractivity contribution is -0.115. The summed E-state index contributed by atoms with van der Waals surface area (Å²) in [6.07, 6.45) is 2.93. The van der Waals surface area contributed by atoms with Crippen molar-refractivity contribution in [1.29, 1.82) is 0 Å². The first kappa shape index (κ1) is 21.3. The number of amides is 1. The van der Waals surface area contributed by atoms with Gasteiger partial charge in [0.15, 0.2) is 10.2 Å². The predicted octanol–water partition coefficient (Wildman–Crippen LogP) is 5.65. The van der Waals surface area contributed by atoms with Gasteiger partial charge in [-0.3, -0.25) is 10.1 Å². The molecule has 1 amide bonds. The second kappa shape index (κ2) is 9.84. The summed E-state index contributed by atoms with van der Waals surface area (Å²) in [5.41, 5.74) is 2.42. The van der Waals surface area contributed by atoms with Crippen molar-refractivity contribution < 1.29 is 9.53 Å². The third-order valence-electron chi connectivity index (χ3n) is 3.72. The van der Waals surface area contributed by atoms with Crippen molar-refractivity contribution in [2.75, 3.05) is 12.4 Å². The third-order valence-corrected chi connectivity index (χ3v) is 5.25. The number of hydrogen-bond acceptors (Lipinski definition) is 5. The Kier molecular flexibility index (Phi) is 7.22. The average Bonchev–Trinajstić information content (AvgIpc) is 3.15. The first-order valence-electron chi connectivity index (χ1n) is 8.29. The summed E-state index contributed by atoms with van der Waals surface area (Å²) >= 11 is 18.5. The van der Waals surface area contributed by atoms with Crippen LogP contribution in [-0.4, -0.2) is 23.1 Å². The molecule has 9 heteroatoms. The van der Waals surface area contributed by atoms with E-state index < -0.39 is 0 Å². The molecular formula is C20H15Cl2N3O2S2. The smallest absolute Gasteiger partial charge is 0.250 e. The van der Waals surface area contributed by atoms with Gasteiger partial charge in [0.2, 0.25) is 5.91 Å². The van der Waals surface area contributed by atoms with E-state index in [1.807, 2.05) is 29.6 Å². The van der Waals surface area contributed by atoms with E-state index in [-0.39, 0.29) is 11.0 Å². The maximum atomic E-state index is 12.1. The molecule has 0 bridgehead atoms. The van der Waals surface area contributed by atoms with E-state index in [2.05, 4.69) is 15.6 Å². The first-order chi connectivity index (χ1) is 13.9. The lowest BCUT2D eigenvalue weighted by Crippen LogP contribution is -2.32. The second-order valence-electron chi connectivity index (χ2n) is 5.71. The van der Waals surface area contributed by atoms with Crippen LogP contribution in [0.15, 0.2) is 53.9 Å². The fraction of sp³-hybridized carbons (Fsp3) is 0.0500. The normalized spacial score (nSPS) is 10.7. The van der Waals surface area contributed by atoms with Crippen molar-refractivity contribution in [3.63, 3.8) is 0 Å². The van der Waals surface area contributed by atoms with E-state index in [4.69, 9.17) is 40.2 Å². The van der Waals surface area contributed by atoms with Crippen molar-refractivity contribution in [3.8, 4) is 17.0 Å². The van der Waals surface area contributed by atoms with E-state index in [9.17, 15) is 4.79 Å². The second-order valence-corrected chi connectivity index (χ2v) is 7.82. The fourth-order valence-corrected chi connectivity index (χ4v) is 3.77. The number of halogens is 2. The Bertz CT molecular complexity index is 1070. The molecule has 1 aromatic heterocycles. The number of thiazole rings is 1. The van der Waals surface area contributed by atoms with E-state index in [1.165, 1.54) is 17.4 Å². The molecule has 0 saturated heterocycles. The van der Waals surface area contributed by atoms with Gasteiger partial charge in [0, 0.05) is 27.1 Å². The van der Waals surface area contributed by atoms with Gasteiger partial charge in [-0.05, 0) is 60.3 Å². The number of rotatable bonds is 5. The van der Waals surface area contributed by atoms with Gasteiger partial charge in [0.1, 0.15) is 5.75 Å². The fourth-order valence-electron chi connectivity index (χ4n) is 2.31. The maximum Gasteiger partial charge on any atom is 0.250 e. The Morgan fingerprint density at radius 3 is 2.66 bits per heavy atom. The van der Waals surface area contributed by atoms with E-state index >= 15 is 0 Å². The molecule has 2 N–H and O–H groups in total.